The molecule has 5 nitrogen and oxygen atoms in total. The lowest BCUT2D eigenvalue weighted by atomic mass is 10.1. The Labute approximate surface area is 109 Å². The van der Waals surface area contributed by atoms with E-state index in [4.69, 9.17) is 4.52 Å². The van der Waals surface area contributed by atoms with E-state index in [2.05, 4.69) is 15.1 Å². The highest BCUT2D eigenvalue weighted by atomic mass is 32.2. The summed E-state index contributed by atoms with van der Waals surface area (Å²) < 4.78 is 5.24. The van der Waals surface area contributed by atoms with Crippen LogP contribution < -0.4 is 0 Å². The molecule has 1 fully saturated rings. The molecule has 1 aliphatic rings. The number of nitrogens with zero attached hydrogens (tertiary/aromatic N) is 3. The lowest BCUT2D eigenvalue weighted by Gasteiger charge is -2.06. The first-order valence-corrected chi connectivity index (χ1v) is 6.93. The predicted molar refractivity (Wildman–Crippen MR) is 68.3 cm³/mol. The number of rotatable bonds is 2. The van der Waals surface area contributed by atoms with Crippen LogP contribution in [0.4, 0.5) is 0 Å². The van der Waals surface area contributed by atoms with Crippen LogP contribution in [0.25, 0.3) is 11.5 Å². The van der Waals surface area contributed by atoms with Crippen LogP contribution in [0.2, 0.25) is 0 Å². The molecule has 0 aliphatic carbocycles. The minimum absolute atomic E-state index is 0.0546. The summed E-state index contributed by atoms with van der Waals surface area (Å²) in [5.41, 5.74) is 1.61. The lowest BCUT2D eigenvalue weighted by molar-refractivity contribution is 0.164. The van der Waals surface area contributed by atoms with Crippen molar-refractivity contribution in [2.75, 3.05) is 11.5 Å². The van der Waals surface area contributed by atoms with Crippen LogP contribution in [-0.4, -0.2) is 37.8 Å². The van der Waals surface area contributed by atoms with Crippen LogP contribution in [0.1, 0.15) is 17.5 Å². The summed E-state index contributed by atoms with van der Waals surface area (Å²) in [6, 6.07) is 5.68. The van der Waals surface area contributed by atoms with Crippen molar-refractivity contribution in [2.45, 2.75) is 18.9 Å². The average Bonchev–Trinajstić information content (AvgIpc) is 2.97. The van der Waals surface area contributed by atoms with Gasteiger partial charge in [0.05, 0.1) is 12.0 Å². The molecule has 1 aliphatic heterocycles. The summed E-state index contributed by atoms with van der Waals surface area (Å²) in [6.07, 6.45) is -0.395. The summed E-state index contributed by atoms with van der Waals surface area (Å²) in [5.74, 6) is 2.49. The number of aliphatic hydroxyl groups is 1. The Kier molecular flexibility index (Phi) is 3.05. The Bertz CT molecular complexity index is 558. The molecular weight excluding hydrogens is 250 g/mol. The summed E-state index contributed by atoms with van der Waals surface area (Å²) >= 11 is 1.70. The highest BCUT2D eigenvalue weighted by molar-refractivity contribution is 7.99. The molecule has 2 aromatic rings. The molecule has 3 rings (SSSR count). The number of aryl methyl sites for hydroxylation is 1. The summed E-state index contributed by atoms with van der Waals surface area (Å²) in [6.45, 7) is 1.92. The summed E-state index contributed by atoms with van der Waals surface area (Å²) in [5, 5.41) is 13.7. The van der Waals surface area contributed by atoms with Crippen molar-refractivity contribution >= 4 is 11.8 Å². The fourth-order valence-corrected chi connectivity index (χ4v) is 3.16. The molecule has 1 N–H and O–H groups in total. The molecule has 6 heteroatoms. The Balaban J connectivity index is 1.89. The van der Waals surface area contributed by atoms with Gasteiger partial charge < -0.3 is 9.63 Å². The highest BCUT2D eigenvalue weighted by Crippen LogP contribution is 2.32. The van der Waals surface area contributed by atoms with Crippen molar-refractivity contribution in [1.29, 1.82) is 0 Å². The van der Waals surface area contributed by atoms with Crippen LogP contribution in [0.15, 0.2) is 22.7 Å². The average molecular weight is 263 g/mol. The number of aliphatic hydroxyl groups excluding tert-OH is 1. The molecule has 1 saturated heterocycles. The number of hydrogen-bond acceptors (Lipinski definition) is 6. The maximum absolute atomic E-state index is 9.80. The zero-order chi connectivity index (χ0) is 12.5. The van der Waals surface area contributed by atoms with Gasteiger partial charge in [0.2, 0.25) is 11.7 Å². The number of hydrogen-bond donors (Lipinski definition) is 1. The Morgan fingerprint density at radius 3 is 2.94 bits per heavy atom. The van der Waals surface area contributed by atoms with Gasteiger partial charge >= 0.3 is 0 Å². The van der Waals surface area contributed by atoms with E-state index in [1.165, 1.54) is 0 Å². The molecule has 0 spiro atoms. The van der Waals surface area contributed by atoms with E-state index in [9.17, 15) is 5.11 Å². The smallest absolute Gasteiger partial charge is 0.233 e. The second-order valence-corrected chi connectivity index (χ2v) is 5.41. The zero-order valence-electron chi connectivity index (χ0n) is 9.91. The first-order chi connectivity index (χ1) is 8.74. The lowest BCUT2D eigenvalue weighted by Crippen LogP contribution is -2.15. The van der Waals surface area contributed by atoms with Gasteiger partial charge in [-0.1, -0.05) is 11.2 Å². The standard InChI is InChI=1S/C12H13N3O2S/c1-7-3-2-4-9(13-7)11-14-12(17-15-11)8-5-18-6-10(8)16/h2-4,8,10,16H,5-6H2,1H3. The fraction of sp³-hybridized carbons (Fsp3) is 0.417. The van der Waals surface area contributed by atoms with Crippen LogP contribution in [0, 0.1) is 6.92 Å². The van der Waals surface area contributed by atoms with E-state index in [0.29, 0.717) is 17.4 Å². The normalized spacial score (nSPS) is 23.4. The van der Waals surface area contributed by atoms with Gasteiger partial charge in [0.25, 0.3) is 0 Å². The van der Waals surface area contributed by atoms with Crippen molar-refractivity contribution in [3.8, 4) is 11.5 Å². The van der Waals surface area contributed by atoms with E-state index in [1.54, 1.807) is 11.8 Å². The molecule has 0 amide bonds. The fourth-order valence-electron chi connectivity index (χ4n) is 1.94. The van der Waals surface area contributed by atoms with Crippen molar-refractivity contribution in [3.05, 3.63) is 29.8 Å². The Morgan fingerprint density at radius 1 is 1.33 bits per heavy atom. The maximum Gasteiger partial charge on any atom is 0.233 e. The quantitative estimate of drug-likeness (QED) is 0.888. The van der Waals surface area contributed by atoms with Crippen LogP contribution in [0.5, 0.6) is 0 Å². The van der Waals surface area contributed by atoms with Gasteiger partial charge in [-0.05, 0) is 19.1 Å². The summed E-state index contributed by atoms with van der Waals surface area (Å²) in [7, 11) is 0. The minimum atomic E-state index is -0.395. The molecule has 2 aromatic heterocycles. The first-order valence-electron chi connectivity index (χ1n) is 5.77. The van der Waals surface area contributed by atoms with Crippen molar-refractivity contribution in [2.24, 2.45) is 0 Å². The zero-order valence-corrected chi connectivity index (χ0v) is 10.7. The summed E-state index contributed by atoms with van der Waals surface area (Å²) in [4.78, 5) is 8.69. The third kappa shape index (κ3) is 2.13. The van der Waals surface area contributed by atoms with E-state index >= 15 is 0 Å². The van der Waals surface area contributed by atoms with Crippen LogP contribution >= 0.6 is 11.8 Å². The number of aromatic nitrogens is 3. The first kappa shape index (κ1) is 11.7. The molecule has 2 atom stereocenters. The Hall–Kier alpha value is -1.40. The van der Waals surface area contributed by atoms with Gasteiger partial charge in [0.15, 0.2) is 0 Å². The molecule has 0 bridgehead atoms. The van der Waals surface area contributed by atoms with Crippen molar-refractivity contribution in [3.63, 3.8) is 0 Å². The molecule has 3 heterocycles. The van der Waals surface area contributed by atoms with E-state index < -0.39 is 6.10 Å². The topological polar surface area (TPSA) is 72.0 Å². The van der Waals surface area contributed by atoms with Gasteiger partial charge in [-0.25, -0.2) is 4.98 Å². The van der Waals surface area contributed by atoms with Gasteiger partial charge in [0, 0.05) is 17.2 Å². The van der Waals surface area contributed by atoms with E-state index in [-0.39, 0.29) is 5.92 Å². The van der Waals surface area contributed by atoms with Crippen molar-refractivity contribution < 1.29 is 9.63 Å². The van der Waals surface area contributed by atoms with Gasteiger partial charge in [-0.3, -0.25) is 0 Å². The van der Waals surface area contributed by atoms with Crippen molar-refractivity contribution in [1.82, 2.24) is 15.1 Å². The van der Waals surface area contributed by atoms with E-state index in [1.807, 2.05) is 25.1 Å². The Morgan fingerprint density at radius 2 is 2.22 bits per heavy atom. The molecule has 0 radical (unpaired) electrons. The van der Waals surface area contributed by atoms with Gasteiger partial charge in [0.1, 0.15) is 5.69 Å². The molecule has 2 unspecified atom stereocenters. The second kappa shape index (κ2) is 4.70. The monoisotopic (exact) mass is 263 g/mol. The predicted octanol–water partition coefficient (Wildman–Crippen LogP) is 1.63. The van der Waals surface area contributed by atoms with Gasteiger partial charge in [-0.2, -0.15) is 16.7 Å². The highest BCUT2D eigenvalue weighted by Gasteiger charge is 2.32. The van der Waals surface area contributed by atoms with E-state index in [0.717, 1.165) is 17.2 Å². The molecule has 18 heavy (non-hydrogen) atoms. The molecule has 94 valence electrons. The third-order valence-corrected chi connectivity index (χ3v) is 4.10. The second-order valence-electron chi connectivity index (χ2n) is 4.33. The van der Waals surface area contributed by atoms with Gasteiger partial charge in [-0.15, -0.1) is 0 Å². The van der Waals surface area contributed by atoms with Crippen LogP contribution in [0.3, 0.4) is 0 Å². The molecule has 0 aromatic carbocycles. The third-order valence-electron chi connectivity index (χ3n) is 2.93. The molecule has 0 saturated carbocycles. The minimum Gasteiger partial charge on any atom is -0.391 e. The number of thioether (sulfide) groups is 1. The SMILES string of the molecule is Cc1cccc(-c2noc(C3CSCC3O)n2)n1. The molecular formula is C12H13N3O2S. The largest absolute Gasteiger partial charge is 0.391 e. The number of pyridine rings is 1. The maximum atomic E-state index is 9.80. The van der Waals surface area contributed by atoms with Crippen LogP contribution in [-0.2, 0) is 0 Å².